The van der Waals surface area contributed by atoms with E-state index in [0.29, 0.717) is 5.11 Å². The summed E-state index contributed by atoms with van der Waals surface area (Å²) in [7, 11) is 1.69. The lowest BCUT2D eigenvalue weighted by Gasteiger charge is -2.29. The molecule has 0 radical (unpaired) electrons. The van der Waals surface area contributed by atoms with Crippen LogP contribution in [-0.2, 0) is 6.54 Å². The Morgan fingerprint density at radius 3 is 2.59 bits per heavy atom. The van der Waals surface area contributed by atoms with Crippen LogP contribution >= 0.6 is 12.2 Å². The number of rotatable bonds is 6. The van der Waals surface area contributed by atoms with Gasteiger partial charge in [0.25, 0.3) is 0 Å². The van der Waals surface area contributed by atoms with Gasteiger partial charge in [-0.2, -0.15) is 0 Å². The van der Waals surface area contributed by atoms with Crippen LogP contribution < -0.4 is 15.0 Å². The number of aromatic nitrogens is 3. The Balaban J connectivity index is 1.64. The van der Waals surface area contributed by atoms with Crippen molar-refractivity contribution in [2.24, 2.45) is 0 Å². The Labute approximate surface area is 205 Å². The number of anilines is 1. The number of thiocarbonyl (C=S) groups is 1. The summed E-state index contributed by atoms with van der Waals surface area (Å²) >= 11 is 5.89. The number of hydrogen-bond donors (Lipinski definition) is 1. The summed E-state index contributed by atoms with van der Waals surface area (Å²) in [5.74, 6) is 0.780. The third kappa shape index (κ3) is 3.92. The maximum absolute atomic E-state index is 5.89. The number of nitrogens with zero attached hydrogens (tertiary/aromatic N) is 4. The lowest BCUT2D eigenvalue weighted by atomic mass is 9.96. The molecule has 4 aromatic rings. The summed E-state index contributed by atoms with van der Waals surface area (Å²) in [6.45, 7) is 5.09. The number of pyridine rings is 2. The molecule has 1 N–H and O–H groups in total. The average Bonchev–Trinajstić information content (AvgIpc) is 3.36. The molecule has 0 spiro atoms. The van der Waals surface area contributed by atoms with Crippen LogP contribution in [0.4, 0.5) is 5.69 Å². The summed E-state index contributed by atoms with van der Waals surface area (Å²) in [6, 6.07) is 20.2. The van der Waals surface area contributed by atoms with Crippen LogP contribution in [-0.4, -0.2) is 26.8 Å². The van der Waals surface area contributed by atoms with Crippen molar-refractivity contribution in [1.29, 1.82) is 0 Å². The molecule has 172 valence electrons. The van der Waals surface area contributed by atoms with Gasteiger partial charge in [-0.25, -0.2) is 0 Å². The number of para-hydroxylation sites is 2. The van der Waals surface area contributed by atoms with Crippen molar-refractivity contribution in [2.75, 3.05) is 12.0 Å². The van der Waals surface area contributed by atoms with Crippen molar-refractivity contribution in [3.05, 3.63) is 107 Å². The highest BCUT2D eigenvalue weighted by Crippen LogP contribution is 2.45. The van der Waals surface area contributed by atoms with Crippen LogP contribution in [0.1, 0.15) is 40.3 Å². The van der Waals surface area contributed by atoms with Gasteiger partial charge in [0.1, 0.15) is 5.75 Å². The Morgan fingerprint density at radius 2 is 1.85 bits per heavy atom. The highest BCUT2D eigenvalue weighted by molar-refractivity contribution is 7.80. The predicted octanol–water partition coefficient (Wildman–Crippen LogP) is 5.13. The lowest BCUT2D eigenvalue weighted by molar-refractivity contribution is 0.414. The molecule has 1 aliphatic rings. The Kier molecular flexibility index (Phi) is 6.02. The number of nitrogens with one attached hydrogen (secondary N) is 1. The van der Waals surface area contributed by atoms with E-state index in [1.165, 1.54) is 22.5 Å². The SMILES string of the molecule is COc1ccccc1N1C(=S)NC(c2ccccn2)C1c1cc(C)n(Cc2cccnc2)c1C. The fraction of sp³-hybridized carbons (Fsp3) is 0.222. The van der Waals surface area contributed by atoms with E-state index in [9.17, 15) is 0 Å². The molecule has 4 heterocycles. The molecule has 2 atom stereocenters. The predicted molar refractivity (Wildman–Crippen MR) is 138 cm³/mol. The Hall–Kier alpha value is -3.71. The second-order valence-corrected chi connectivity index (χ2v) is 8.83. The van der Waals surface area contributed by atoms with Crippen molar-refractivity contribution < 1.29 is 4.74 Å². The largest absolute Gasteiger partial charge is 0.495 e. The molecule has 1 fully saturated rings. The van der Waals surface area contributed by atoms with Crippen LogP contribution in [0.2, 0.25) is 0 Å². The normalized spacial score (nSPS) is 17.6. The van der Waals surface area contributed by atoms with Gasteiger partial charge >= 0.3 is 0 Å². The van der Waals surface area contributed by atoms with Gasteiger partial charge in [-0.1, -0.05) is 24.3 Å². The zero-order valence-corrected chi connectivity index (χ0v) is 20.3. The standard InChI is InChI=1S/C27H27N5OS/c1-18-15-21(19(2)31(18)17-20-9-8-13-28-16-20)26-25(22-10-6-7-14-29-22)30-27(34)32(26)23-11-4-5-12-24(23)33-3/h4-16,25-26H,17H2,1-3H3,(H,30,34). The molecule has 1 saturated heterocycles. The van der Waals surface area contributed by atoms with E-state index in [1.807, 2.05) is 54.9 Å². The zero-order valence-electron chi connectivity index (χ0n) is 19.5. The second-order valence-electron chi connectivity index (χ2n) is 8.44. The minimum atomic E-state index is -0.106. The Morgan fingerprint density at radius 1 is 1.03 bits per heavy atom. The van der Waals surface area contributed by atoms with E-state index < -0.39 is 0 Å². The molecule has 1 aromatic carbocycles. The van der Waals surface area contributed by atoms with Crippen molar-refractivity contribution in [3.63, 3.8) is 0 Å². The minimum absolute atomic E-state index is 0.0902. The molecule has 0 aliphatic carbocycles. The van der Waals surface area contributed by atoms with Crippen molar-refractivity contribution in [2.45, 2.75) is 32.5 Å². The molecule has 2 unspecified atom stereocenters. The van der Waals surface area contributed by atoms with Gasteiger partial charge < -0.3 is 19.5 Å². The molecule has 0 bridgehead atoms. The molecule has 0 amide bonds. The highest BCUT2D eigenvalue weighted by atomic mass is 32.1. The molecule has 7 heteroatoms. The van der Waals surface area contributed by atoms with Crippen molar-refractivity contribution in [3.8, 4) is 5.75 Å². The van der Waals surface area contributed by atoms with Crippen LogP contribution in [0.25, 0.3) is 0 Å². The molecule has 34 heavy (non-hydrogen) atoms. The summed E-state index contributed by atoms with van der Waals surface area (Å²) in [5, 5.41) is 4.20. The minimum Gasteiger partial charge on any atom is -0.495 e. The monoisotopic (exact) mass is 469 g/mol. The lowest BCUT2D eigenvalue weighted by Crippen LogP contribution is -2.30. The topological polar surface area (TPSA) is 55.2 Å². The molecule has 5 rings (SSSR count). The first-order valence-electron chi connectivity index (χ1n) is 11.3. The van der Waals surface area contributed by atoms with Gasteiger partial charge in [0, 0.05) is 36.5 Å². The van der Waals surface area contributed by atoms with E-state index in [4.69, 9.17) is 17.0 Å². The van der Waals surface area contributed by atoms with E-state index >= 15 is 0 Å². The fourth-order valence-corrected chi connectivity index (χ4v) is 5.14. The van der Waals surface area contributed by atoms with Gasteiger partial charge in [-0.05, 0) is 73.6 Å². The maximum Gasteiger partial charge on any atom is 0.174 e. The van der Waals surface area contributed by atoms with Crippen LogP contribution in [0.5, 0.6) is 5.75 Å². The van der Waals surface area contributed by atoms with Crippen LogP contribution in [0.3, 0.4) is 0 Å². The zero-order chi connectivity index (χ0) is 23.7. The summed E-state index contributed by atoms with van der Waals surface area (Å²) in [5.41, 5.74) is 6.63. The molecular weight excluding hydrogens is 442 g/mol. The molecule has 3 aromatic heterocycles. The third-order valence-corrected chi connectivity index (χ3v) is 6.75. The van der Waals surface area contributed by atoms with E-state index in [2.05, 4.69) is 56.8 Å². The smallest absolute Gasteiger partial charge is 0.174 e. The molecular formula is C27H27N5OS. The van der Waals surface area contributed by atoms with Gasteiger partial charge in [-0.15, -0.1) is 0 Å². The van der Waals surface area contributed by atoms with Crippen molar-refractivity contribution in [1.82, 2.24) is 19.9 Å². The summed E-state index contributed by atoms with van der Waals surface area (Å²) in [4.78, 5) is 11.1. The average molecular weight is 470 g/mol. The van der Waals surface area contributed by atoms with Crippen LogP contribution in [0.15, 0.2) is 79.3 Å². The number of aryl methyl sites for hydroxylation is 1. The Bertz CT molecular complexity index is 1310. The molecule has 1 aliphatic heterocycles. The number of ether oxygens (including phenoxy) is 1. The fourth-order valence-electron chi connectivity index (χ4n) is 4.80. The maximum atomic E-state index is 5.89. The van der Waals surface area contributed by atoms with Crippen molar-refractivity contribution >= 4 is 23.0 Å². The van der Waals surface area contributed by atoms with Gasteiger partial charge in [0.15, 0.2) is 5.11 Å². The number of benzene rings is 1. The highest BCUT2D eigenvalue weighted by Gasteiger charge is 2.43. The summed E-state index contributed by atoms with van der Waals surface area (Å²) < 4.78 is 8.05. The van der Waals surface area contributed by atoms with E-state index in [-0.39, 0.29) is 12.1 Å². The van der Waals surface area contributed by atoms with Crippen LogP contribution in [0, 0.1) is 13.8 Å². The third-order valence-electron chi connectivity index (χ3n) is 6.44. The first-order valence-corrected chi connectivity index (χ1v) is 11.7. The van der Waals surface area contributed by atoms with Gasteiger partial charge in [0.2, 0.25) is 0 Å². The van der Waals surface area contributed by atoms with E-state index in [1.54, 1.807) is 13.3 Å². The van der Waals surface area contributed by atoms with Gasteiger partial charge in [0.05, 0.1) is 30.6 Å². The first-order chi connectivity index (χ1) is 16.6. The summed E-state index contributed by atoms with van der Waals surface area (Å²) in [6.07, 6.45) is 5.55. The number of methoxy groups -OCH3 is 1. The first kappa shape index (κ1) is 22.1. The second kappa shape index (κ2) is 9.27. The number of hydrogen-bond acceptors (Lipinski definition) is 4. The van der Waals surface area contributed by atoms with E-state index in [0.717, 1.165) is 23.7 Å². The molecule has 0 saturated carbocycles. The quantitative estimate of drug-likeness (QED) is 0.395. The molecule has 6 nitrogen and oxygen atoms in total. The van der Waals surface area contributed by atoms with Gasteiger partial charge in [-0.3, -0.25) is 9.97 Å².